The minimum absolute atomic E-state index is 0.223. The number of carbonyl (C=O) groups is 2. The topological polar surface area (TPSA) is 106 Å². The first-order valence-corrected chi connectivity index (χ1v) is 10.6. The monoisotopic (exact) mass is 456 g/mol. The molecule has 3 rings (SSSR count). The molecule has 9 heteroatoms. The molecule has 1 aliphatic rings. The summed E-state index contributed by atoms with van der Waals surface area (Å²) in [7, 11) is 0. The summed E-state index contributed by atoms with van der Waals surface area (Å²) < 4.78 is 16.4. The Morgan fingerprint density at radius 1 is 1.06 bits per heavy atom. The van der Waals surface area contributed by atoms with E-state index in [0.29, 0.717) is 29.4 Å². The zero-order chi connectivity index (χ0) is 23.1. The molecule has 1 aliphatic heterocycles. The van der Waals surface area contributed by atoms with E-state index in [-0.39, 0.29) is 11.7 Å². The molecule has 2 aromatic carbocycles. The van der Waals surface area contributed by atoms with Gasteiger partial charge >= 0.3 is 11.9 Å². The molecule has 0 saturated heterocycles. The lowest BCUT2D eigenvalue weighted by Crippen LogP contribution is -2.45. The first kappa shape index (κ1) is 23.2. The second-order valence-corrected chi connectivity index (χ2v) is 7.23. The van der Waals surface area contributed by atoms with Gasteiger partial charge < -0.3 is 24.6 Å². The summed E-state index contributed by atoms with van der Waals surface area (Å²) >= 11 is 5.37. The fourth-order valence-electron chi connectivity index (χ4n) is 3.44. The fourth-order valence-corrected chi connectivity index (χ4v) is 3.66. The van der Waals surface area contributed by atoms with E-state index < -0.39 is 30.5 Å². The molecule has 0 aliphatic carbocycles. The summed E-state index contributed by atoms with van der Waals surface area (Å²) in [6.07, 6.45) is 0. The van der Waals surface area contributed by atoms with Crippen molar-refractivity contribution in [1.29, 1.82) is 0 Å². The van der Waals surface area contributed by atoms with Crippen molar-refractivity contribution in [3.05, 3.63) is 59.7 Å². The average molecular weight is 457 g/mol. The number of aliphatic imine (C=N–C) groups is 1. The van der Waals surface area contributed by atoms with E-state index in [1.165, 1.54) is 0 Å². The summed E-state index contributed by atoms with van der Waals surface area (Å²) in [5.74, 6) is -1.63. The molecule has 0 amide bonds. The largest absolute Gasteiger partial charge is 0.490 e. The lowest BCUT2D eigenvalue weighted by molar-refractivity contribution is -0.146. The van der Waals surface area contributed by atoms with Gasteiger partial charge in [0.15, 0.2) is 23.2 Å². The highest BCUT2D eigenvalue weighted by Crippen LogP contribution is 2.36. The molecule has 0 radical (unpaired) electrons. The lowest BCUT2D eigenvalue weighted by Gasteiger charge is -2.32. The molecular formula is C23H24N2O6S. The van der Waals surface area contributed by atoms with Crippen LogP contribution in [0.5, 0.6) is 11.5 Å². The first-order valence-electron chi connectivity index (χ1n) is 10.2. The number of carbonyl (C=O) groups excluding carboxylic acids is 1. The molecular weight excluding hydrogens is 432 g/mol. The molecule has 168 valence electrons. The third kappa shape index (κ3) is 5.42. The van der Waals surface area contributed by atoms with Crippen molar-refractivity contribution in [2.24, 2.45) is 10.9 Å². The van der Waals surface area contributed by atoms with Crippen LogP contribution in [0.1, 0.15) is 31.0 Å². The maximum atomic E-state index is 13.0. The number of hydrogen-bond acceptors (Lipinski definition) is 6. The number of esters is 1. The molecule has 0 fully saturated rings. The van der Waals surface area contributed by atoms with Crippen LogP contribution in [0.2, 0.25) is 0 Å². The van der Waals surface area contributed by atoms with Crippen LogP contribution in [-0.4, -0.2) is 47.7 Å². The van der Waals surface area contributed by atoms with Crippen molar-refractivity contribution in [2.75, 3.05) is 19.8 Å². The van der Waals surface area contributed by atoms with E-state index in [1.54, 1.807) is 25.1 Å². The molecule has 2 aromatic rings. The normalized spacial score (nSPS) is 17.7. The molecule has 32 heavy (non-hydrogen) atoms. The molecule has 2 N–H and O–H groups in total. The van der Waals surface area contributed by atoms with Crippen LogP contribution in [0.4, 0.5) is 0 Å². The lowest BCUT2D eigenvalue weighted by atomic mass is 9.84. The molecule has 8 nitrogen and oxygen atoms in total. The molecule has 1 heterocycles. The molecule has 0 aromatic heterocycles. The third-order valence-electron chi connectivity index (χ3n) is 4.72. The van der Waals surface area contributed by atoms with Crippen molar-refractivity contribution >= 4 is 35.0 Å². The number of carboxylic acid groups (broad SMARTS) is 1. The van der Waals surface area contributed by atoms with Gasteiger partial charge in [-0.1, -0.05) is 36.4 Å². The minimum atomic E-state index is -1.10. The molecule has 0 spiro atoms. The SMILES string of the molecule is CCOC(=O)C1C(c2ccccc2)=NC(=S)NC1c1ccc(OCC(=O)O)c(OCC)c1. The van der Waals surface area contributed by atoms with Gasteiger partial charge in [0.1, 0.15) is 5.92 Å². The zero-order valence-electron chi connectivity index (χ0n) is 17.7. The fraction of sp³-hybridized carbons (Fsp3) is 0.304. The van der Waals surface area contributed by atoms with Crippen LogP contribution in [0.15, 0.2) is 53.5 Å². The number of thiocarbonyl (C=S) groups is 1. The Morgan fingerprint density at radius 2 is 1.81 bits per heavy atom. The Kier molecular flexibility index (Phi) is 7.77. The van der Waals surface area contributed by atoms with Gasteiger partial charge in [-0.3, -0.25) is 4.79 Å². The maximum absolute atomic E-state index is 13.0. The molecule has 0 saturated carbocycles. The minimum Gasteiger partial charge on any atom is -0.490 e. The predicted octanol–water partition coefficient (Wildman–Crippen LogP) is 3.15. The Morgan fingerprint density at radius 3 is 2.47 bits per heavy atom. The van der Waals surface area contributed by atoms with Crippen molar-refractivity contribution in [3.63, 3.8) is 0 Å². The summed E-state index contributed by atoms with van der Waals surface area (Å²) in [5, 5.41) is 12.3. The van der Waals surface area contributed by atoms with E-state index in [9.17, 15) is 9.59 Å². The number of rotatable bonds is 9. The Hall–Kier alpha value is -3.46. The Bertz CT molecular complexity index is 1020. The average Bonchev–Trinajstić information content (AvgIpc) is 2.78. The van der Waals surface area contributed by atoms with Crippen LogP contribution in [-0.2, 0) is 14.3 Å². The van der Waals surface area contributed by atoms with Crippen molar-refractivity contribution < 1.29 is 28.9 Å². The number of ether oxygens (including phenoxy) is 3. The maximum Gasteiger partial charge on any atom is 0.341 e. The number of nitrogens with zero attached hydrogens (tertiary/aromatic N) is 1. The number of benzene rings is 2. The van der Waals surface area contributed by atoms with E-state index in [4.69, 9.17) is 31.5 Å². The summed E-state index contributed by atoms with van der Waals surface area (Å²) in [6.45, 7) is 3.63. The van der Waals surface area contributed by atoms with Gasteiger partial charge in [-0.15, -0.1) is 0 Å². The van der Waals surface area contributed by atoms with Gasteiger partial charge in [-0.25, -0.2) is 9.79 Å². The van der Waals surface area contributed by atoms with Gasteiger partial charge in [0.2, 0.25) is 0 Å². The molecule has 2 unspecified atom stereocenters. The predicted molar refractivity (Wildman–Crippen MR) is 122 cm³/mol. The van der Waals surface area contributed by atoms with Crippen LogP contribution in [0, 0.1) is 5.92 Å². The summed E-state index contributed by atoms with van der Waals surface area (Å²) in [4.78, 5) is 28.4. The van der Waals surface area contributed by atoms with E-state index in [0.717, 1.165) is 5.56 Å². The smallest absolute Gasteiger partial charge is 0.341 e. The highest BCUT2D eigenvalue weighted by molar-refractivity contribution is 7.80. The number of nitrogens with one attached hydrogen (secondary N) is 1. The van der Waals surface area contributed by atoms with Gasteiger partial charge in [0.05, 0.1) is 25.0 Å². The van der Waals surface area contributed by atoms with E-state index >= 15 is 0 Å². The van der Waals surface area contributed by atoms with Crippen molar-refractivity contribution in [2.45, 2.75) is 19.9 Å². The molecule has 0 bridgehead atoms. The number of hydrogen-bond donors (Lipinski definition) is 2. The van der Waals surface area contributed by atoms with E-state index in [2.05, 4.69) is 10.3 Å². The van der Waals surface area contributed by atoms with Crippen LogP contribution >= 0.6 is 12.2 Å². The second kappa shape index (κ2) is 10.7. The van der Waals surface area contributed by atoms with Crippen LogP contribution in [0.25, 0.3) is 0 Å². The van der Waals surface area contributed by atoms with Crippen molar-refractivity contribution in [1.82, 2.24) is 5.32 Å². The standard InChI is InChI=1S/C23H24N2O6S/c1-3-29-17-12-15(10-11-16(17)31-13-18(26)27)21-19(22(28)30-4-2)20(24-23(32)25-21)14-8-6-5-7-9-14/h5-12,19,21H,3-4,13H2,1-2H3,(H,25,32)(H,26,27). The summed E-state index contributed by atoms with van der Waals surface area (Å²) in [5.41, 5.74) is 1.98. The van der Waals surface area contributed by atoms with Gasteiger partial charge in [-0.2, -0.15) is 0 Å². The van der Waals surface area contributed by atoms with Crippen LogP contribution in [0.3, 0.4) is 0 Å². The summed E-state index contributed by atoms with van der Waals surface area (Å²) in [6, 6.07) is 13.8. The Labute approximate surface area is 191 Å². The van der Waals surface area contributed by atoms with Crippen molar-refractivity contribution in [3.8, 4) is 11.5 Å². The first-order chi connectivity index (χ1) is 15.4. The highest BCUT2D eigenvalue weighted by Gasteiger charge is 2.39. The van der Waals surface area contributed by atoms with Gasteiger partial charge in [0, 0.05) is 0 Å². The third-order valence-corrected chi connectivity index (χ3v) is 4.93. The van der Waals surface area contributed by atoms with Crippen LogP contribution < -0.4 is 14.8 Å². The Balaban J connectivity index is 2.04. The highest BCUT2D eigenvalue weighted by atomic mass is 32.1. The van der Waals surface area contributed by atoms with Gasteiger partial charge in [-0.05, 0) is 49.3 Å². The number of carboxylic acids is 1. The second-order valence-electron chi connectivity index (χ2n) is 6.84. The molecule has 2 atom stereocenters. The quantitative estimate of drug-likeness (QED) is 0.438. The van der Waals surface area contributed by atoms with E-state index in [1.807, 2.05) is 37.3 Å². The zero-order valence-corrected chi connectivity index (χ0v) is 18.6. The number of aliphatic carboxylic acids is 1. The van der Waals surface area contributed by atoms with Gasteiger partial charge in [0.25, 0.3) is 0 Å².